The molecule has 0 saturated carbocycles. The van der Waals surface area contributed by atoms with Crippen LogP contribution >= 0.6 is 15.9 Å². The summed E-state index contributed by atoms with van der Waals surface area (Å²) in [6, 6.07) is 15.6. The molecule has 21 heavy (non-hydrogen) atoms. The van der Waals surface area contributed by atoms with Gasteiger partial charge in [0.2, 0.25) is 0 Å². The third-order valence-corrected chi connectivity index (χ3v) is 3.64. The number of carbonyl (C=O) groups is 1. The van der Waals surface area contributed by atoms with Gasteiger partial charge in [-0.1, -0.05) is 40.2 Å². The van der Waals surface area contributed by atoms with Crippen molar-refractivity contribution in [2.45, 2.75) is 19.9 Å². The Bertz CT molecular complexity index is 628. The number of carbonyl (C=O) groups excluding carboxylic acids is 1. The zero-order chi connectivity index (χ0) is 15.2. The number of hydrogen-bond acceptors (Lipinski definition) is 3. The Morgan fingerprint density at radius 3 is 2.71 bits per heavy atom. The third-order valence-electron chi connectivity index (χ3n) is 3.14. The van der Waals surface area contributed by atoms with Crippen molar-refractivity contribution >= 4 is 27.6 Å². The number of hydrogen-bond donors (Lipinski definition) is 1. The maximum atomic E-state index is 12.0. The smallest absolute Gasteiger partial charge is 0.340 e. The van der Waals surface area contributed by atoms with E-state index in [1.54, 1.807) is 13.0 Å². The van der Waals surface area contributed by atoms with E-state index < -0.39 is 0 Å². The third kappa shape index (κ3) is 4.08. The molecule has 0 aliphatic rings. The number of anilines is 1. The molecule has 2 aromatic rings. The lowest BCUT2D eigenvalue weighted by molar-refractivity contribution is 0.0527. The molecule has 0 aromatic heterocycles. The van der Waals surface area contributed by atoms with E-state index in [1.807, 2.05) is 30.3 Å². The molecular formula is C17H18BrNO2. The first kappa shape index (κ1) is 15.6. The predicted octanol–water partition coefficient (Wildman–Crippen LogP) is 4.80. The van der Waals surface area contributed by atoms with E-state index in [0.717, 1.165) is 15.7 Å². The highest BCUT2D eigenvalue weighted by Gasteiger charge is 2.14. The summed E-state index contributed by atoms with van der Waals surface area (Å²) < 4.78 is 6.12. The molecule has 0 spiro atoms. The average molecular weight is 348 g/mol. The molecule has 0 heterocycles. The molecule has 1 N–H and O–H groups in total. The van der Waals surface area contributed by atoms with Crippen molar-refractivity contribution in [2.75, 3.05) is 11.9 Å². The molecule has 0 fully saturated rings. The largest absolute Gasteiger partial charge is 0.462 e. The molecule has 3 nitrogen and oxygen atoms in total. The van der Waals surface area contributed by atoms with Gasteiger partial charge in [-0.05, 0) is 43.7 Å². The first-order chi connectivity index (χ1) is 10.1. The van der Waals surface area contributed by atoms with Crippen LogP contribution in [0.4, 0.5) is 5.69 Å². The van der Waals surface area contributed by atoms with Crippen LogP contribution in [0.2, 0.25) is 0 Å². The van der Waals surface area contributed by atoms with Gasteiger partial charge < -0.3 is 10.1 Å². The summed E-state index contributed by atoms with van der Waals surface area (Å²) in [6.07, 6.45) is 0. The van der Waals surface area contributed by atoms with Gasteiger partial charge >= 0.3 is 5.97 Å². The van der Waals surface area contributed by atoms with Crippen LogP contribution in [-0.4, -0.2) is 12.6 Å². The monoisotopic (exact) mass is 347 g/mol. The summed E-state index contributed by atoms with van der Waals surface area (Å²) in [6.45, 7) is 4.23. The van der Waals surface area contributed by atoms with Crippen LogP contribution in [0.5, 0.6) is 0 Å². The van der Waals surface area contributed by atoms with E-state index in [2.05, 4.69) is 40.3 Å². The van der Waals surface area contributed by atoms with Crippen LogP contribution < -0.4 is 5.32 Å². The summed E-state index contributed by atoms with van der Waals surface area (Å²) in [5, 5.41) is 3.37. The van der Waals surface area contributed by atoms with Crippen molar-refractivity contribution in [3.05, 3.63) is 64.1 Å². The van der Waals surface area contributed by atoms with Crippen LogP contribution in [-0.2, 0) is 4.74 Å². The minimum absolute atomic E-state index is 0.0816. The Morgan fingerprint density at radius 2 is 2.00 bits per heavy atom. The summed E-state index contributed by atoms with van der Waals surface area (Å²) in [4.78, 5) is 12.0. The van der Waals surface area contributed by atoms with Crippen LogP contribution in [0.25, 0.3) is 0 Å². The van der Waals surface area contributed by atoms with E-state index in [-0.39, 0.29) is 12.0 Å². The summed E-state index contributed by atoms with van der Waals surface area (Å²) >= 11 is 3.47. The molecular weight excluding hydrogens is 330 g/mol. The fraction of sp³-hybridized carbons (Fsp3) is 0.235. The Kier molecular flexibility index (Phi) is 5.39. The molecule has 2 rings (SSSR count). The molecule has 0 unspecified atom stereocenters. The number of esters is 1. The summed E-state index contributed by atoms with van der Waals surface area (Å²) in [7, 11) is 0. The first-order valence-electron chi connectivity index (χ1n) is 6.90. The zero-order valence-corrected chi connectivity index (χ0v) is 13.7. The molecule has 4 heteroatoms. The second-order valence-corrected chi connectivity index (χ2v) is 5.60. The van der Waals surface area contributed by atoms with Crippen molar-refractivity contribution in [1.82, 2.24) is 0 Å². The fourth-order valence-corrected chi connectivity index (χ4v) is 2.51. The molecule has 110 valence electrons. The average Bonchev–Trinajstić information content (AvgIpc) is 2.48. The van der Waals surface area contributed by atoms with E-state index in [9.17, 15) is 4.79 Å². The highest BCUT2D eigenvalue weighted by molar-refractivity contribution is 9.10. The fourth-order valence-electron chi connectivity index (χ4n) is 2.09. The van der Waals surface area contributed by atoms with Crippen LogP contribution in [0.15, 0.2) is 53.0 Å². The van der Waals surface area contributed by atoms with E-state index in [4.69, 9.17) is 4.74 Å². The second kappa shape index (κ2) is 7.27. The number of benzene rings is 2. The zero-order valence-electron chi connectivity index (χ0n) is 12.1. The van der Waals surface area contributed by atoms with Crippen LogP contribution in [0.3, 0.4) is 0 Å². The van der Waals surface area contributed by atoms with Crippen molar-refractivity contribution in [1.29, 1.82) is 0 Å². The lowest BCUT2D eigenvalue weighted by atomic mass is 10.1. The van der Waals surface area contributed by atoms with Crippen molar-refractivity contribution in [3.8, 4) is 0 Å². The maximum absolute atomic E-state index is 12.0. The quantitative estimate of drug-likeness (QED) is 0.789. The second-order valence-electron chi connectivity index (χ2n) is 4.69. The SMILES string of the molecule is CCOC(=O)c1ccccc1N[C@@H](C)c1cccc(Br)c1. The van der Waals surface area contributed by atoms with Crippen LogP contribution in [0, 0.1) is 0 Å². The molecule has 0 aliphatic heterocycles. The Balaban J connectivity index is 2.21. The minimum atomic E-state index is -0.304. The maximum Gasteiger partial charge on any atom is 0.340 e. The molecule has 1 atom stereocenters. The van der Waals surface area contributed by atoms with E-state index >= 15 is 0 Å². The molecule has 0 saturated heterocycles. The standard InChI is InChI=1S/C17H18BrNO2/c1-3-21-17(20)15-9-4-5-10-16(15)19-12(2)13-7-6-8-14(18)11-13/h4-12,19H,3H2,1-2H3/t12-/m0/s1. The van der Waals surface area contributed by atoms with Gasteiger partial charge in [0.25, 0.3) is 0 Å². The van der Waals surface area contributed by atoms with E-state index in [1.165, 1.54) is 0 Å². The number of ether oxygens (including phenoxy) is 1. The highest BCUT2D eigenvalue weighted by atomic mass is 79.9. The molecule has 0 amide bonds. The molecule has 2 aromatic carbocycles. The Hall–Kier alpha value is -1.81. The Morgan fingerprint density at radius 1 is 1.24 bits per heavy atom. The number of halogens is 1. The van der Waals surface area contributed by atoms with Gasteiger partial charge in [-0.2, -0.15) is 0 Å². The van der Waals surface area contributed by atoms with Gasteiger partial charge in [0.15, 0.2) is 0 Å². The van der Waals surface area contributed by atoms with Gasteiger partial charge in [-0.25, -0.2) is 4.79 Å². The molecule has 0 aliphatic carbocycles. The van der Waals surface area contributed by atoms with Gasteiger partial charge in [0, 0.05) is 16.2 Å². The number of para-hydroxylation sites is 1. The summed E-state index contributed by atoms with van der Waals surface area (Å²) in [5.74, 6) is -0.304. The topological polar surface area (TPSA) is 38.3 Å². The first-order valence-corrected chi connectivity index (χ1v) is 7.69. The molecule has 0 radical (unpaired) electrons. The predicted molar refractivity (Wildman–Crippen MR) is 88.6 cm³/mol. The van der Waals surface area contributed by atoms with Gasteiger partial charge in [-0.3, -0.25) is 0 Å². The summed E-state index contributed by atoms with van der Waals surface area (Å²) in [5.41, 5.74) is 2.48. The normalized spacial score (nSPS) is 11.8. The van der Waals surface area contributed by atoms with Crippen molar-refractivity contribution < 1.29 is 9.53 Å². The van der Waals surface area contributed by atoms with Crippen LogP contribution in [0.1, 0.15) is 35.8 Å². The molecule has 0 bridgehead atoms. The van der Waals surface area contributed by atoms with Gasteiger partial charge in [0.05, 0.1) is 12.2 Å². The van der Waals surface area contributed by atoms with Gasteiger partial charge in [0.1, 0.15) is 0 Å². The van der Waals surface area contributed by atoms with Crippen molar-refractivity contribution in [3.63, 3.8) is 0 Å². The minimum Gasteiger partial charge on any atom is -0.462 e. The van der Waals surface area contributed by atoms with Crippen molar-refractivity contribution in [2.24, 2.45) is 0 Å². The van der Waals surface area contributed by atoms with E-state index in [0.29, 0.717) is 12.2 Å². The lowest BCUT2D eigenvalue weighted by Crippen LogP contribution is -2.12. The number of rotatable bonds is 5. The van der Waals surface area contributed by atoms with Gasteiger partial charge in [-0.15, -0.1) is 0 Å². The highest BCUT2D eigenvalue weighted by Crippen LogP contribution is 2.24. The Labute approximate surface area is 133 Å². The lowest BCUT2D eigenvalue weighted by Gasteiger charge is -2.18. The number of nitrogens with one attached hydrogen (secondary N) is 1.